The van der Waals surface area contributed by atoms with Crippen molar-refractivity contribution in [2.75, 3.05) is 0 Å². The lowest BCUT2D eigenvalue weighted by atomic mass is 9.95. The van der Waals surface area contributed by atoms with E-state index in [4.69, 9.17) is 9.40 Å². The van der Waals surface area contributed by atoms with Gasteiger partial charge in [-0.05, 0) is 89.0 Å². The van der Waals surface area contributed by atoms with Crippen LogP contribution in [0.25, 0.3) is 114 Å². The minimum atomic E-state index is 0.907. The Morgan fingerprint density at radius 2 is 1.07 bits per heavy atom. The molecule has 4 heteroatoms. The van der Waals surface area contributed by atoms with Gasteiger partial charge < -0.3 is 8.98 Å². The summed E-state index contributed by atoms with van der Waals surface area (Å²) in [6, 6.07) is 69.5. The second-order valence-corrected chi connectivity index (χ2v) is 15.8. The SMILES string of the molecule is c1ccc(-c2cccc(-c3cc(-c4cccc5sc6ccccc6c45)cc(-c4ccc(-n5c6ccccc6c6c7c(ccc65)oc5ccccc57)cc4)n3)c2)cc1. The molecule has 0 saturated heterocycles. The first-order chi connectivity index (χ1) is 28.2. The Bertz CT molecular complexity index is 3520. The summed E-state index contributed by atoms with van der Waals surface area (Å²) in [7, 11) is 0. The first-order valence-corrected chi connectivity index (χ1v) is 20.1. The zero-order valence-electron chi connectivity index (χ0n) is 30.7. The van der Waals surface area contributed by atoms with Crippen LogP contribution in [-0.4, -0.2) is 9.55 Å². The Kier molecular flexibility index (Phi) is 7.10. The van der Waals surface area contributed by atoms with Crippen molar-refractivity contribution in [3.63, 3.8) is 0 Å². The average Bonchev–Trinajstić information content (AvgIpc) is 3.96. The van der Waals surface area contributed by atoms with E-state index in [1.807, 2.05) is 17.4 Å². The van der Waals surface area contributed by atoms with Crippen LogP contribution in [0, 0.1) is 0 Å². The topological polar surface area (TPSA) is 31.0 Å². The normalized spacial score (nSPS) is 11.9. The maximum atomic E-state index is 6.33. The molecule has 12 rings (SSSR count). The molecular formula is C53H32N2OS. The highest BCUT2D eigenvalue weighted by Crippen LogP contribution is 2.43. The number of benzene rings is 8. The van der Waals surface area contributed by atoms with Crippen molar-refractivity contribution >= 4 is 75.3 Å². The van der Waals surface area contributed by atoms with Gasteiger partial charge in [0.05, 0.1) is 22.4 Å². The van der Waals surface area contributed by atoms with Gasteiger partial charge in [0.2, 0.25) is 0 Å². The molecule has 0 N–H and O–H groups in total. The van der Waals surface area contributed by atoms with Crippen LogP contribution in [0.4, 0.5) is 0 Å². The molecule has 8 aromatic carbocycles. The molecule has 0 fully saturated rings. The molecule has 3 nitrogen and oxygen atoms in total. The first-order valence-electron chi connectivity index (χ1n) is 19.3. The standard InChI is InChI=1S/C53H32N2OS/c1-2-12-33(13-3-1)35-14-10-15-36(30-35)44-32-37(39-19-11-23-50-51(39)42-18-6-9-22-49(42)57-50)31-43(54-44)34-24-26-38(27-25-34)55-45-20-7-4-16-40(45)52-46(55)28-29-48-53(52)41-17-5-8-21-47(41)56-48/h1-32H. The molecule has 0 unspecified atom stereocenters. The van der Waals surface area contributed by atoms with Crippen molar-refractivity contribution in [1.29, 1.82) is 0 Å². The number of pyridine rings is 1. The Hall–Kier alpha value is -7.27. The number of aromatic nitrogens is 2. The number of hydrogen-bond acceptors (Lipinski definition) is 3. The molecule has 0 aliphatic heterocycles. The van der Waals surface area contributed by atoms with Crippen LogP contribution in [0.2, 0.25) is 0 Å². The Labute approximate surface area is 332 Å². The number of thiophene rings is 1. The summed E-state index contributed by atoms with van der Waals surface area (Å²) in [6.45, 7) is 0. The van der Waals surface area contributed by atoms with Gasteiger partial charge in [-0.2, -0.15) is 0 Å². The van der Waals surface area contributed by atoms with E-state index in [9.17, 15) is 0 Å². The number of hydrogen-bond donors (Lipinski definition) is 0. The second-order valence-electron chi connectivity index (χ2n) is 14.7. The number of fused-ring (bicyclic) bond motifs is 10. The lowest BCUT2D eigenvalue weighted by Gasteiger charge is -2.13. The minimum absolute atomic E-state index is 0.907. The Morgan fingerprint density at radius 1 is 0.386 bits per heavy atom. The lowest BCUT2D eigenvalue weighted by molar-refractivity contribution is 0.669. The monoisotopic (exact) mass is 744 g/mol. The van der Waals surface area contributed by atoms with Crippen LogP contribution in [0.3, 0.4) is 0 Å². The highest BCUT2D eigenvalue weighted by atomic mass is 32.1. The molecule has 57 heavy (non-hydrogen) atoms. The van der Waals surface area contributed by atoms with Crippen molar-refractivity contribution in [3.8, 4) is 50.5 Å². The minimum Gasteiger partial charge on any atom is -0.456 e. The molecule has 0 atom stereocenters. The van der Waals surface area contributed by atoms with Gasteiger partial charge in [0, 0.05) is 58.5 Å². The molecule has 12 aromatic rings. The average molecular weight is 745 g/mol. The van der Waals surface area contributed by atoms with Crippen LogP contribution in [0.15, 0.2) is 199 Å². The largest absolute Gasteiger partial charge is 0.456 e. The third-order valence-corrected chi connectivity index (χ3v) is 12.5. The van der Waals surface area contributed by atoms with Crippen LogP contribution in [-0.2, 0) is 0 Å². The molecule has 0 spiro atoms. The quantitative estimate of drug-likeness (QED) is 0.176. The van der Waals surface area contributed by atoms with Crippen LogP contribution in [0.1, 0.15) is 0 Å². The van der Waals surface area contributed by atoms with Crippen molar-refractivity contribution < 1.29 is 4.42 Å². The van der Waals surface area contributed by atoms with E-state index in [1.54, 1.807) is 0 Å². The Morgan fingerprint density at radius 3 is 1.95 bits per heavy atom. The summed E-state index contributed by atoms with van der Waals surface area (Å²) in [5, 5.41) is 7.30. The van der Waals surface area contributed by atoms with Crippen molar-refractivity contribution in [2.24, 2.45) is 0 Å². The zero-order chi connectivity index (χ0) is 37.5. The molecule has 0 amide bonds. The van der Waals surface area contributed by atoms with Crippen molar-refractivity contribution in [3.05, 3.63) is 194 Å². The van der Waals surface area contributed by atoms with E-state index in [0.29, 0.717) is 0 Å². The number of nitrogens with zero attached hydrogens (tertiary/aromatic N) is 2. The van der Waals surface area contributed by atoms with Gasteiger partial charge in [-0.3, -0.25) is 0 Å². The number of rotatable bonds is 5. The fourth-order valence-corrected chi connectivity index (χ4v) is 9.95. The van der Waals surface area contributed by atoms with Gasteiger partial charge in [-0.1, -0.05) is 127 Å². The molecular weight excluding hydrogens is 713 g/mol. The molecule has 4 heterocycles. The van der Waals surface area contributed by atoms with E-state index in [-0.39, 0.29) is 0 Å². The predicted molar refractivity (Wildman–Crippen MR) is 240 cm³/mol. The summed E-state index contributed by atoms with van der Waals surface area (Å²) in [6.07, 6.45) is 0. The van der Waals surface area contributed by atoms with Crippen molar-refractivity contribution in [1.82, 2.24) is 9.55 Å². The van der Waals surface area contributed by atoms with E-state index in [1.165, 1.54) is 47.6 Å². The summed E-state index contributed by atoms with van der Waals surface area (Å²) >= 11 is 1.85. The molecule has 4 aromatic heterocycles. The molecule has 0 aliphatic rings. The fourth-order valence-electron chi connectivity index (χ4n) is 8.82. The zero-order valence-corrected chi connectivity index (χ0v) is 31.5. The molecule has 0 bridgehead atoms. The van der Waals surface area contributed by atoms with E-state index >= 15 is 0 Å². The molecule has 266 valence electrons. The van der Waals surface area contributed by atoms with Gasteiger partial charge in [-0.25, -0.2) is 4.98 Å². The fraction of sp³-hybridized carbons (Fsp3) is 0. The van der Waals surface area contributed by atoms with Gasteiger partial charge >= 0.3 is 0 Å². The smallest absolute Gasteiger partial charge is 0.136 e. The summed E-state index contributed by atoms with van der Waals surface area (Å²) in [5.41, 5.74) is 14.0. The third-order valence-electron chi connectivity index (χ3n) is 11.4. The highest BCUT2D eigenvalue weighted by molar-refractivity contribution is 7.25. The molecule has 0 radical (unpaired) electrons. The van der Waals surface area contributed by atoms with Gasteiger partial charge in [0.1, 0.15) is 11.2 Å². The van der Waals surface area contributed by atoms with Crippen molar-refractivity contribution in [2.45, 2.75) is 0 Å². The summed E-state index contributed by atoms with van der Waals surface area (Å²) in [4.78, 5) is 5.40. The van der Waals surface area contributed by atoms with Crippen LogP contribution < -0.4 is 0 Å². The van der Waals surface area contributed by atoms with E-state index in [0.717, 1.165) is 66.7 Å². The molecule has 0 saturated carbocycles. The first kappa shape index (κ1) is 32.0. The maximum Gasteiger partial charge on any atom is 0.136 e. The Balaban J connectivity index is 1.04. The lowest BCUT2D eigenvalue weighted by Crippen LogP contribution is -1.95. The second kappa shape index (κ2) is 12.6. The highest BCUT2D eigenvalue weighted by Gasteiger charge is 2.19. The van der Waals surface area contributed by atoms with Crippen LogP contribution >= 0.6 is 11.3 Å². The van der Waals surface area contributed by atoms with Gasteiger partial charge in [0.25, 0.3) is 0 Å². The van der Waals surface area contributed by atoms with Crippen LogP contribution in [0.5, 0.6) is 0 Å². The number of para-hydroxylation sites is 2. The van der Waals surface area contributed by atoms with Gasteiger partial charge in [-0.15, -0.1) is 11.3 Å². The maximum absolute atomic E-state index is 6.33. The summed E-state index contributed by atoms with van der Waals surface area (Å²) < 4.78 is 11.3. The van der Waals surface area contributed by atoms with E-state index < -0.39 is 0 Å². The predicted octanol–water partition coefficient (Wildman–Crippen LogP) is 15.1. The third kappa shape index (κ3) is 5.08. The van der Waals surface area contributed by atoms with E-state index in [2.05, 4.69) is 193 Å². The summed E-state index contributed by atoms with van der Waals surface area (Å²) in [5.74, 6) is 0. The number of furan rings is 1. The van der Waals surface area contributed by atoms with Gasteiger partial charge in [0.15, 0.2) is 0 Å². The molecule has 0 aliphatic carbocycles.